The van der Waals surface area contributed by atoms with Gasteiger partial charge in [0.2, 0.25) is 5.91 Å². The highest BCUT2D eigenvalue weighted by atomic mass is 32.2. The highest BCUT2D eigenvalue weighted by Crippen LogP contribution is 2.24. The molecule has 1 aliphatic rings. The number of morpholine rings is 1. The molecule has 2 aromatic carbocycles. The second-order valence-corrected chi connectivity index (χ2v) is 8.69. The Morgan fingerprint density at radius 1 is 1.07 bits per heavy atom. The zero-order valence-corrected chi connectivity index (χ0v) is 17.0. The number of hydrogen-bond acceptors (Lipinski definition) is 8. The monoisotopic (exact) mass is 433 g/mol. The van der Waals surface area contributed by atoms with Crippen molar-refractivity contribution in [2.45, 2.75) is 4.90 Å². The van der Waals surface area contributed by atoms with Gasteiger partial charge in [-0.3, -0.25) is 14.4 Å². The highest BCUT2D eigenvalue weighted by Gasteiger charge is 2.20. The van der Waals surface area contributed by atoms with E-state index in [1.165, 1.54) is 6.07 Å². The molecule has 1 fully saturated rings. The first-order chi connectivity index (χ1) is 14.0. The summed E-state index contributed by atoms with van der Waals surface area (Å²) in [5.41, 5.74) is 1.86. The molecule has 0 bridgehead atoms. The lowest BCUT2D eigenvalue weighted by molar-refractivity contribution is -0.118. The molecule has 0 unspecified atom stereocenters. The largest absolute Gasteiger partial charge is 0.379 e. The van der Waals surface area contributed by atoms with E-state index in [0.29, 0.717) is 42.2 Å². The van der Waals surface area contributed by atoms with Crippen LogP contribution in [0.1, 0.15) is 0 Å². The molecule has 0 saturated carbocycles. The molecule has 1 saturated heterocycles. The Morgan fingerprint density at radius 2 is 1.79 bits per heavy atom. The lowest BCUT2D eigenvalue weighted by Gasteiger charge is -2.25. The van der Waals surface area contributed by atoms with Gasteiger partial charge in [-0.1, -0.05) is 6.07 Å². The van der Waals surface area contributed by atoms with Crippen LogP contribution < -0.4 is 10.0 Å². The minimum atomic E-state index is -3.82. The molecule has 0 spiro atoms. The minimum absolute atomic E-state index is 0.0756. The molecule has 2 heterocycles. The van der Waals surface area contributed by atoms with Crippen LogP contribution in [0.4, 0.5) is 11.4 Å². The zero-order chi connectivity index (χ0) is 20.3. The number of sulfonamides is 1. The molecule has 0 atom stereocenters. The number of fused-ring (bicyclic) bond motifs is 1. The number of benzene rings is 2. The standard InChI is InChI=1S/C18H19N5O4S2/c24-17(12-23-8-10-27-11-9-23)19-13-4-6-14(7-5-13)22-29(25,26)16-3-1-2-15-18(16)21-28-20-15/h1-7,22H,8-12H2,(H,19,24). The number of carbonyl (C=O) groups is 1. The summed E-state index contributed by atoms with van der Waals surface area (Å²) >= 11 is 0.967. The molecule has 29 heavy (non-hydrogen) atoms. The van der Waals surface area contributed by atoms with Crippen LogP contribution in [0.5, 0.6) is 0 Å². The van der Waals surface area contributed by atoms with Gasteiger partial charge < -0.3 is 10.1 Å². The van der Waals surface area contributed by atoms with Gasteiger partial charge in [0.25, 0.3) is 10.0 Å². The van der Waals surface area contributed by atoms with E-state index >= 15 is 0 Å². The van der Waals surface area contributed by atoms with Crippen molar-refractivity contribution in [3.63, 3.8) is 0 Å². The van der Waals surface area contributed by atoms with Gasteiger partial charge in [-0.2, -0.15) is 8.75 Å². The number of nitrogens with one attached hydrogen (secondary N) is 2. The molecule has 2 N–H and O–H groups in total. The van der Waals surface area contributed by atoms with Crippen LogP contribution in [0.3, 0.4) is 0 Å². The van der Waals surface area contributed by atoms with Crippen LogP contribution in [-0.2, 0) is 19.6 Å². The summed E-state index contributed by atoms with van der Waals surface area (Å²) in [5.74, 6) is -0.122. The van der Waals surface area contributed by atoms with Gasteiger partial charge in [0.05, 0.1) is 31.5 Å². The summed E-state index contributed by atoms with van der Waals surface area (Å²) in [6.07, 6.45) is 0. The molecular formula is C18H19N5O4S2. The van der Waals surface area contributed by atoms with E-state index in [2.05, 4.69) is 18.8 Å². The minimum Gasteiger partial charge on any atom is -0.379 e. The second kappa shape index (κ2) is 8.41. The van der Waals surface area contributed by atoms with Crippen LogP contribution in [0.25, 0.3) is 11.0 Å². The van der Waals surface area contributed by atoms with Crippen molar-refractivity contribution in [3.05, 3.63) is 42.5 Å². The average Bonchev–Trinajstić information content (AvgIpc) is 3.19. The number of ether oxygens (including phenoxy) is 1. The number of amides is 1. The number of carbonyl (C=O) groups excluding carboxylic acids is 1. The molecule has 11 heteroatoms. The summed E-state index contributed by atoms with van der Waals surface area (Å²) in [5, 5.41) is 2.82. The summed E-state index contributed by atoms with van der Waals surface area (Å²) in [6.45, 7) is 3.02. The van der Waals surface area contributed by atoms with E-state index < -0.39 is 10.0 Å². The van der Waals surface area contributed by atoms with Crippen LogP contribution in [0, 0.1) is 0 Å². The molecule has 9 nitrogen and oxygen atoms in total. The molecule has 1 amide bonds. The number of aromatic nitrogens is 2. The maximum atomic E-state index is 12.7. The fraction of sp³-hybridized carbons (Fsp3) is 0.278. The van der Waals surface area contributed by atoms with Crippen molar-refractivity contribution in [2.75, 3.05) is 42.9 Å². The third-order valence-electron chi connectivity index (χ3n) is 4.43. The zero-order valence-electron chi connectivity index (χ0n) is 15.4. The van der Waals surface area contributed by atoms with Crippen molar-refractivity contribution < 1.29 is 17.9 Å². The molecule has 4 rings (SSSR count). The smallest absolute Gasteiger partial charge is 0.264 e. The molecule has 1 aliphatic heterocycles. The van der Waals surface area contributed by atoms with Crippen molar-refractivity contribution in [3.8, 4) is 0 Å². The van der Waals surface area contributed by atoms with Gasteiger partial charge in [0.1, 0.15) is 15.9 Å². The molecule has 0 radical (unpaired) electrons. The second-order valence-electron chi connectivity index (χ2n) is 6.51. The van der Waals surface area contributed by atoms with E-state index in [1.54, 1.807) is 36.4 Å². The fourth-order valence-electron chi connectivity index (χ4n) is 2.99. The fourth-order valence-corrected chi connectivity index (χ4v) is 4.82. The Morgan fingerprint density at radius 3 is 2.55 bits per heavy atom. The predicted octanol–water partition coefficient (Wildman–Crippen LogP) is 1.76. The molecule has 0 aliphatic carbocycles. The molecular weight excluding hydrogens is 414 g/mol. The van der Waals surface area contributed by atoms with Crippen molar-refractivity contribution in [1.82, 2.24) is 13.6 Å². The molecule has 3 aromatic rings. The highest BCUT2D eigenvalue weighted by molar-refractivity contribution is 7.93. The number of nitrogens with zero attached hydrogens (tertiary/aromatic N) is 3. The van der Waals surface area contributed by atoms with Crippen LogP contribution in [0.2, 0.25) is 0 Å². The van der Waals surface area contributed by atoms with Crippen molar-refractivity contribution in [1.29, 1.82) is 0 Å². The Balaban J connectivity index is 1.41. The lowest BCUT2D eigenvalue weighted by Crippen LogP contribution is -2.41. The van der Waals surface area contributed by atoms with Crippen LogP contribution in [-0.4, -0.2) is 60.8 Å². The third kappa shape index (κ3) is 4.70. The van der Waals surface area contributed by atoms with Gasteiger partial charge in [-0.05, 0) is 36.4 Å². The summed E-state index contributed by atoms with van der Waals surface area (Å²) < 4.78 is 41.4. The Labute approximate surface area is 172 Å². The first-order valence-electron chi connectivity index (χ1n) is 8.95. The van der Waals surface area contributed by atoms with Gasteiger partial charge in [0.15, 0.2) is 0 Å². The Kier molecular flexibility index (Phi) is 5.72. The van der Waals surface area contributed by atoms with E-state index in [4.69, 9.17) is 4.74 Å². The lowest BCUT2D eigenvalue weighted by atomic mass is 10.3. The van der Waals surface area contributed by atoms with Crippen LogP contribution in [0.15, 0.2) is 47.4 Å². The first kappa shape index (κ1) is 19.7. The maximum Gasteiger partial charge on any atom is 0.264 e. The quantitative estimate of drug-likeness (QED) is 0.609. The van der Waals surface area contributed by atoms with Gasteiger partial charge >= 0.3 is 0 Å². The Bertz CT molecular complexity index is 1110. The summed E-state index contributed by atoms with van der Waals surface area (Å²) in [7, 11) is -3.82. The van der Waals surface area contributed by atoms with E-state index in [9.17, 15) is 13.2 Å². The number of hydrogen-bond donors (Lipinski definition) is 2. The topological polar surface area (TPSA) is 114 Å². The Hall–Kier alpha value is -2.60. The third-order valence-corrected chi connectivity index (χ3v) is 6.39. The molecule has 152 valence electrons. The van der Waals surface area contributed by atoms with E-state index in [1.807, 2.05) is 4.90 Å². The predicted molar refractivity (Wildman–Crippen MR) is 111 cm³/mol. The van der Waals surface area contributed by atoms with E-state index in [0.717, 1.165) is 24.8 Å². The van der Waals surface area contributed by atoms with Crippen LogP contribution >= 0.6 is 11.7 Å². The van der Waals surface area contributed by atoms with Gasteiger partial charge in [0, 0.05) is 24.5 Å². The molecule has 1 aromatic heterocycles. The average molecular weight is 434 g/mol. The normalized spacial score (nSPS) is 15.3. The first-order valence-corrected chi connectivity index (χ1v) is 11.2. The van der Waals surface area contributed by atoms with Crippen molar-refractivity contribution in [2.24, 2.45) is 0 Å². The number of anilines is 2. The number of rotatable bonds is 6. The summed E-state index contributed by atoms with van der Waals surface area (Å²) in [6, 6.07) is 11.3. The van der Waals surface area contributed by atoms with Crippen molar-refractivity contribution >= 4 is 50.1 Å². The van der Waals surface area contributed by atoms with Gasteiger partial charge in [-0.25, -0.2) is 8.42 Å². The SMILES string of the molecule is O=C(CN1CCOCC1)Nc1ccc(NS(=O)(=O)c2cccc3nsnc23)cc1. The van der Waals surface area contributed by atoms with E-state index in [-0.39, 0.29) is 10.8 Å². The maximum absolute atomic E-state index is 12.7. The van der Waals surface area contributed by atoms with Gasteiger partial charge in [-0.15, -0.1) is 0 Å². The summed E-state index contributed by atoms with van der Waals surface area (Å²) in [4.78, 5) is 14.3.